The Labute approximate surface area is 103 Å². The summed E-state index contributed by atoms with van der Waals surface area (Å²) in [5.41, 5.74) is -0.668. The molecule has 1 unspecified atom stereocenters. The highest BCUT2D eigenvalue weighted by atomic mass is 79.9. The molecule has 1 aliphatic carbocycles. The molecule has 3 nitrogen and oxygen atoms in total. The fourth-order valence-corrected chi connectivity index (χ4v) is 2.80. The molecule has 0 aromatic carbocycles. The van der Waals surface area contributed by atoms with Crippen LogP contribution in [0, 0.1) is 16.7 Å². The van der Waals surface area contributed by atoms with Crippen LogP contribution in [0.2, 0.25) is 0 Å². The molecule has 1 aromatic heterocycles. The zero-order valence-electron chi connectivity index (χ0n) is 8.95. The van der Waals surface area contributed by atoms with Gasteiger partial charge in [0.05, 0.1) is 22.2 Å². The fraction of sp³-hybridized carbons (Fsp3) is 0.583. The minimum absolute atomic E-state index is 0.475. The molecule has 1 aromatic rings. The van der Waals surface area contributed by atoms with Gasteiger partial charge < -0.3 is 9.52 Å². The van der Waals surface area contributed by atoms with E-state index in [1.54, 1.807) is 6.07 Å². The van der Waals surface area contributed by atoms with Gasteiger partial charge in [-0.25, -0.2) is 0 Å². The number of aliphatic hydroxyl groups excluding tert-OH is 1. The first kappa shape index (κ1) is 11.7. The maximum absolute atomic E-state index is 10.3. The summed E-state index contributed by atoms with van der Waals surface area (Å²) in [6, 6.07) is 4.04. The largest absolute Gasteiger partial charge is 0.465 e. The molecule has 0 aliphatic heterocycles. The second-order valence-corrected chi connectivity index (χ2v) is 5.22. The number of nitrogens with zero attached hydrogens (tertiary/aromatic N) is 1. The van der Waals surface area contributed by atoms with Crippen LogP contribution in [0.5, 0.6) is 0 Å². The number of aliphatic hydroxyl groups is 1. The van der Waals surface area contributed by atoms with Gasteiger partial charge in [0, 0.05) is 0 Å². The highest BCUT2D eigenvalue weighted by molar-refractivity contribution is 9.10. The maximum Gasteiger partial charge on any atom is 0.148 e. The van der Waals surface area contributed by atoms with Crippen LogP contribution in [0.25, 0.3) is 0 Å². The molecule has 1 atom stereocenters. The Hall–Kier alpha value is -0.790. The Bertz CT molecular complexity index is 401. The highest BCUT2D eigenvalue weighted by Gasteiger charge is 2.42. The molecule has 0 amide bonds. The lowest BCUT2D eigenvalue weighted by molar-refractivity contribution is 0.0191. The minimum atomic E-state index is -0.831. The molecule has 1 heterocycles. The van der Waals surface area contributed by atoms with Gasteiger partial charge in [-0.2, -0.15) is 5.26 Å². The molecular formula is C12H14BrNO2. The van der Waals surface area contributed by atoms with Crippen molar-refractivity contribution in [1.82, 2.24) is 0 Å². The van der Waals surface area contributed by atoms with E-state index in [1.165, 1.54) is 6.26 Å². The van der Waals surface area contributed by atoms with Gasteiger partial charge >= 0.3 is 0 Å². The Morgan fingerprint density at radius 3 is 2.62 bits per heavy atom. The average Bonchev–Trinajstić information content (AvgIpc) is 2.75. The smallest absolute Gasteiger partial charge is 0.148 e. The van der Waals surface area contributed by atoms with Crippen molar-refractivity contribution in [1.29, 1.82) is 5.26 Å². The number of hydrogen-bond donors (Lipinski definition) is 1. The van der Waals surface area contributed by atoms with Crippen molar-refractivity contribution in [2.24, 2.45) is 5.41 Å². The minimum Gasteiger partial charge on any atom is -0.465 e. The molecule has 4 heteroatoms. The van der Waals surface area contributed by atoms with E-state index in [9.17, 15) is 10.4 Å². The fourth-order valence-electron chi connectivity index (χ4n) is 2.38. The van der Waals surface area contributed by atoms with Crippen molar-refractivity contribution >= 4 is 15.9 Å². The van der Waals surface area contributed by atoms with E-state index >= 15 is 0 Å². The Balaban J connectivity index is 2.28. The van der Waals surface area contributed by atoms with Gasteiger partial charge in [-0.3, -0.25) is 0 Å². The lowest BCUT2D eigenvalue weighted by Crippen LogP contribution is -2.29. The van der Waals surface area contributed by atoms with E-state index in [4.69, 9.17) is 4.42 Å². The van der Waals surface area contributed by atoms with E-state index < -0.39 is 11.5 Å². The molecule has 0 bridgehead atoms. The van der Waals surface area contributed by atoms with Crippen molar-refractivity contribution in [2.45, 2.75) is 38.2 Å². The van der Waals surface area contributed by atoms with Gasteiger partial charge in [-0.05, 0) is 34.8 Å². The first-order chi connectivity index (χ1) is 7.69. The predicted octanol–water partition coefficient (Wildman–Crippen LogP) is 3.55. The van der Waals surface area contributed by atoms with Crippen molar-refractivity contribution in [2.75, 3.05) is 0 Å². The molecule has 1 saturated carbocycles. The standard InChI is InChI=1S/C12H14BrNO2/c13-9-4-7-16-10(9)11(15)12(8-14)5-2-1-3-6-12/h4,7,11,15H,1-3,5-6H2. The summed E-state index contributed by atoms with van der Waals surface area (Å²) in [5.74, 6) is 0.475. The van der Waals surface area contributed by atoms with Crippen LogP contribution in [0.4, 0.5) is 0 Å². The summed E-state index contributed by atoms with van der Waals surface area (Å²) in [6.45, 7) is 0. The Morgan fingerprint density at radius 2 is 2.12 bits per heavy atom. The number of halogens is 1. The molecule has 1 fully saturated rings. The summed E-state index contributed by atoms with van der Waals surface area (Å²) in [6.07, 6.45) is 5.34. The molecule has 0 saturated heterocycles. The molecule has 0 spiro atoms. The van der Waals surface area contributed by atoms with Crippen LogP contribution in [0.15, 0.2) is 21.2 Å². The van der Waals surface area contributed by atoms with Crippen LogP contribution in [0.3, 0.4) is 0 Å². The van der Waals surface area contributed by atoms with Gasteiger partial charge in [0.1, 0.15) is 11.9 Å². The number of nitriles is 1. The zero-order valence-corrected chi connectivity index (χ0v) is 10.5. The quantitative estimate of drug-likeness (QED) is 0.903. The Morgan fingerprint density at radius 1 is 1.44 bits per heavy atom. The van der Waals surface area contributed by atoms with Crippen LogP contribution in [-0.4, -0.2) is 5.11 Å². The van der Waals surface area contributed by atoms with Crippen molar-refractivity contribution < 1.29 is 9.52 Å². The highest BCUT2D eigenvalue weighted by Crippen LogP contribution is 2.47. The third kappa shape index (κ3) is 1.90. The van der Waals surface area contributed by atoms with Gasteiger partial charge in [0.2, 0.25) is 0 Å². The summed E-state index contributed by atoms with van der Waals surface area (Å²) in [4.78, 5) is 0. The first-order valence-corrected chi connectivity index (χ1v) is 6.31. The second-order valence-electron chi connectivity index (χ2n) is 4.36. The van der Waals surface area contributed by atoms with Gasteiger partial charge in [0.15, 0.2) is 0 Å². The topological polar surface area (TPSA) is 57.2 Å². The first-order valence-electron chi connectivity index (χ1n) is 5.52. The van der Waals surface area contributed by atoms with Crippen molar-refractivity contribution in [3.8, 4) is 6.07 Å². The summed E-state index contributed by atoms with van der Waals surface area (Å²) in [7, 11) is 0. The third-order valence-electron chi connectivity index (χ3n) is 3.38. The molecule has 86 valence electrons. The molecule has 2 rings (SSSR count). The van der Waals surface area contributed by atoms with Gasteiger partial charge in [0.25, 0.3) is 0 Å². The summed E-state index contributed by atoms with van der Waals surface area (Å²) >= 11 is 3.32. The van der Waals surface area contributed by atoms with E-state index in [-0.39, 0.29) is 0 Å². The van der Waals surface area contributed by atoms with E-state index in [0.29, 0.717) is 5.76 Å². The lowest BCUT2D eigenvalue weighted by Gasteiger charge is -2.34. The second kappa shape index (κ2) is 4.60. The van der Waals surface area contributed by atoms with Crippen molar-refractivity contribution in [3.63, 3.8) is 0 Å². The summed E-state index contributed by atoms with van der Waals surface area (Å²) in [5, 5.41) is 19.7. The number of rotatable bonds is 2. The SMILES string of the molecule is N#CC1(C(O)c2occc2Br)CCCCC1. The van der Waals surface area contributed by atoms with E-state index in [1.807, 2.05) is 0 Å². The maximum atomic E-state index is 10.3. The van der Waals surface area contributed by atoms with Crippen molar-refractivity contribution in [3.05, 3.63) is 22.6 Å². The van der Waals surface area contributed by atoms with E-state index in [2.05, 4.69) is 22.0 Å². The molecule has 16 heavy (non-hydrogen) atoms. The number of furan rings is 1. The molecule has 1 aliphatic rings. The van der Waals surface area contributed by atoms with Gasteiger partial charge in [-0.1, -0.05) is 19.3 Å². The predicted molar refractivity (Wildman–Crippen MR) is 62.5 cm³/mol. The number of hydrogen-bond acceptors (Lipinski definition) is 3. The van der Waals surface area contributed by atoms with E-state index in [0.717, 1.165) is 36.6 Å². The van der Waals surface area contributed by atoms with Crippen LogP contribution in [-0.2, 0) is 0 Å². The third-order valence-corrected chi connectivity index (χ3v) is 4.04. The molecule has 1 N–H and O–H groups in total. The molecular weight excluding hydrogens is 270 g/mol. The zero-order chi connectivity index (χ0) is 11.6. The van der Waals surface area contributed by atoms with Crippen LogP contribution < -0.4 is 0 Å². The summed E-state index contributed by atoms with van der Waals surface area (Å²) < 4.78 is 5.99. The van der Waals surface area contributed by atoms with Crippen LogP contribution >= 0.6 is 15.9 Å². The lowest BCUT2D eigenvalue weighted by atomic mass is 9.70. The Kier molecular flexibility index (Phi) is 3.36. The van der Waals surface area contributed by atoms with Gasteiger partial charge in [-0.15, -0.1) is 0 Å². The molecule has 0 radical (unpaired) electrons. The monoisotopic (exact) mass is 283 g/mol. The normalized spacial score (nSPS) is 21.3. The average molecular weight is 284 g/mol. The van der Waals surface area contributed by atoms with Crippen LogP contribution in [0.1, 0.15) is 44.0 Å².